The van der Waals surface area contributed by atoms with Crippen molar-refractivity contribution in [3.05, 3.63) is 61.5 Å². The Balaban J connectivity index is 2.41. The second-order valence-electron chi connectivity index (χ2n) is 4.85. The van der Waals surface area contributed by atoms with Crippen LogP contribution >= 0.6 is 50.7 Å². The van der Waals surface area contributed by atoms with Gasteiger partial charge in [0.25, 0.3) is 0 Å². The predicted octanol–water partition coefficient (Wildman–Crippen LogP) is 5.73. The molecule has 2 rings (SSSR count). The Morgan fingerprint density at radius 2 is 1.86 bits per heavy atom. The fourth-order valence-corrected chi connectivity index (χ4v) is 3.02. The summed E-state index contributed by atoms with van der Waals surface area (Å²) in [6.45, 7) is 1.71. The van der Waals surface area contributed by atoms with Gasteiger partial charge in [-0.1, -0.05) is 46.9 Å². The maximum absolute atomic E-state index is 9.84. The number of aliphatic hydroxyl groups excluding tert-OH is 1. The van der Waals surface area contributed by atoms with E-state index in [0.717, 1.165) is 15.7 Å². The molecule has 1 atom stereocenters. The minimum absolute atomic E-state index is 0.146. The van der Waals surface area contributed by atoms with E-state index in [-0.39, 0.29) is 6.61 Å². The summed E-state index contributed by atoms with van der Waals surface area (Å²) in [5, 5.41) is 14.6. The number of aliphatic hydroxyl groups is 1. The van der Waals surface area contributed by atoms with E-state index in [0.29, 0.717) is 15.1 Å². The van der Waals surface area contributed by atoms with Gasteiger partial charge in [0, 0.05) is 10.2 Å². The third-order valence-electron chi connectivity index (χ3n) is 3.20. The van der Waals surface area contributed by atoms with Crippen molar-refractivity contribution >= 4 is 56.4 Å². The Hall–Kier alpha value is -0.450. The molecule has 0 radical (unpaired) electrons. The van der Waals surface area contributed by atoms with Crippen LogP contribution in [0, 0.1) is 0 Å². The van der Waals surface area contributed by atoms with Gasteiger partial charge in [0.1, 0.15) is 0 Å². The van der Waals surface area contributed by atoms with Crippen molar-refractivity contribution in [2.45, 2.75) is 12.5 Å². The van der Waals surface area contributed by atoms with Crippen LogP contribution in [0.2, 0.25) is 15.1 Å². The van der Waals surface area contributed by atoms with Crippen LogP contribution in [-0.2, 0) is 5.54 Å². The molecule has 0 saturated heterocycles. The maximum Gasteiger partial charge on any atom is 0.0843 e. The van der Waals surface area contributed by atoms with Gasteiger partial charge in [-0.25, -0.2) is 0 Å². The average molecular weight is 410 g/mol. The van der Waals surface area contributed by atoms with Gasteiger partial charge in [-0.15, -0.1) is 0 Å². The van der Waals surface area contributed by atoms with Crippen molar-refractivity contribution in [3.8, 4) is 0 Å². The molecule has 0 aliphatic carbocycles. The number of rotatable bonds is 4. The molecule has 2 nitrogen and oxygen atoms in total. The average Bonchev–Trinajstić information content (AvgIpc) is 2.45. The molecule has 0 aromatic heterocycles. The van der Waals surface area contributed by atoms with Crippen molar-refractivity contribution in [2.75, 3.05) is 11.9 Å². The highest BCUT2D eigenvalue weighted by molar-refractivity contribution is 9.10. The lowest BCUT2D eigenvalue weighted by atomic mass is 9.92. The second kappa shape index (κ2) is 6.76. The van der Waals surface area contributed by atoms with Gasteiger partial charge in [-0.05, 0) is 52.7 Å². The van der Waals surface area contributed by atoms with Gasteiger partial charge in [0.05, 0.1) is 27.2 Å². The van der Waals surface area contributed by atoms with Gasteiger partial charge in [-0.2, -0.15) is 0 Å². The standard InChI is InChI=1S/C15H13BrCl3NO/c1-15(8-21,10-3-2-4-13(18)14(10)19)20-9-5-6-12(17)11(16)7-9/h2-7,20-21H,8H2,1H3. The summed E-state index contributed by atoms with van der Waals surface area (Å²) in [5.74, 6) is 0. The minimum Gasteiger partial charge on any atom is -0.394 e. The maximum atomic E-state index is 9.84. The van der Waals surface area contributed by atoms with E-state index in [1.54, 1.807) is 18.2 Å². The first-order valence-electron chi connectivity index (χ1n) is 6.16. The summed E-state index contributed by atoms with van der Waals surface area (Å²) < 4.78 is 0.770. The lowest BCUT2D eigenvalue weighted by molar-refractivity contribution is 0.224. The second-order valence-corrected chi connectivity index (χ2v) is 6.89. The Kier molecular flexibility index (Phi) is 5.44. The monoisotopic (exact) mass is 407 g/mol. The summed E-state index contributed by atoms with van der Waals surface area (Å²) in [5.41, 5.74) is 0.763. The van der Waals surface area contributed by atoms with E-state index in [9.17, 15) is 5.11 Å². The summed E-state index contributed by atoms with van der Waals surface area (Å²) in [4.78, 5) is 0. The van der Waals surface area contributed by atoms with E-state index in [4.69, 9.17) is 34.8 Å². The first-order chi connectivity index (χ1) is 9.87. The number of halogens is 4. The van der Waals surface area contributed by atoms with Crippen LogP contribution in [-0.4, -0.2) is 11.7 Å². The molecule has 2 aromatic carbocycles. The SMILES string of the molecule is CC(CO)(Nc1ccc(Cl)c(Br)c1)c1cccc(Cl)c1Cl. The predicted molar refractivity (Wildman–Crippen MR) is 93.7 cm³/mol. The van der Waals surface area contributed by atoms with E-state index in [2.05, 4.69) is 21.2 Å². The normalized spacial score (nSPS) is 13.8. The van der Waals surface area contributed by atoms with E-state index < -0.39 is 5.54 Å². The first-order valence-corrected chi connectivity index (χ1v) is 8.08. The van der Waals surface area contributed by atoms with Crippen molar-refractivity contribution in [1.29, 1.82) is 0 Å². The zero-order valence-electron chi connectivity index (χ0n) is 11.1. The number of hydrogen-bond donors (Lipinski definition) is 2. The smallest absolute Gasteiger partial charge is 0.0843 e. The number of benzene rings is 2. The largest absolute Gasteiger partial charge is 0.394 e. The molecule has 0 aliphatic rings. The van der Waals surface area contributed by atoms with E-state index in [1.165, 1.54) is 0 Å². The van der Waals surface area contributed by atoms with Gasteiger partial charge in [0.15, 0.2) is 0 Å². The Morgan fingerprint density at radius 3 is 2.48 bits per heavy atom. The minimum atomic E-state index is -0.769. The van der Waals surface area contributed by atoms with Crippen molar-refractivity contribution < 1.29 is 5.11 Å². The van der Waals surface area contributed by atoms with Gasteiger partial charge < -0.3 is 10.4 Å². The third-order valence-corrected chi connectivity index (χ3v) is 5.23. The Morgan fingerprint density at radius 1 is 1.14 bits per heavy atom. The van der Waals surface area contributed by atoms with Gasteiger partial charge >= 0.3 is 0 Å². The molecule has 0 aliphatic heterocycles. The zero-order valence-corrected chi connectivity index (χ0v) is 15.0. The molecule has 2 aromatic rings. The van der Waals surface area contributed by atoms with Crippen LogP contribution in [0.5, 0.6) is 0 Å². The molecule has 21 heavy (non-hydrogen) atoms. The Labute approximate surface area is 147 Å². The molecule has 2 N–H and O–H groups in total. The zero-order chi connectivity index (χ0) is 15.6. The molecule has 0 fully saturated rings. The molecule has 0 saturated carbocycles. The van der Waals surface area contributed by atoms with Gasteiger partial charge in [-0.3, -0.25) is 0 Å². The van der Waals surface area contributed by atoms with Crippen LogP contribution in [0.1, 0.15) is 12.5 Å². The topological polar surface area (TPSA) is 32.3 Å². The fraction of sp³-hybridized carbons (Fsp3) is 0.200. The van der Waals surface area contributed by atoms with E-state index in [1.807, 2.05) is 25.1 Å². The summed E-state index contributed by atoms with van der Waals surface area (Å²) in [7, 11) is 0. The van der Waals surface area contributed by atoms with Crippen LogP contribution in [0.15, 0.2) is 40.9 Å². The van der Waals surface area contributed by atoms with Crippen LogP contribution < -0.4 is 5.32 Å². The third kappa shape index (κ3) is 3.66. The molecular formula is C15H13BrCl3NO. The van der Waals surface area contributed by atoms with Crippen LogP contribution in [0.4, 0.5) is 5.69 Å². The molecule has 0 heterocycles. The lowest BCUT2D eigenvalue weighted by Crippen LogP contribution is -2.36. The lowest BCUT2D eigenvalue weighted by Gasteiger charge is -2.31. The molecular weight excluding hydrogens is 396 g/mol. The number of nitrogens with one attached hydrogen (secondary N) is 1. The molecule has 0 bridgehead atoms. The molecule has 6 heteroatoms. The van der Waals surface area contributed by atoms with Crippen molar-refractivity contribution in [1.82, 2.24) is 0 Å². The molecule has 112 valence electrons. The first kappa shape index (κ1) is 16.9. The van der Waals surface area contributed by atoms with Crippen molar-refractivity contribution in [3.63, 3.8) is 0 Å². The van der Waals surface area contributed by atoms with Crippen LogP contribution in [0.3, 0.4) is 0 Å². The summed E-state index contributed by atoms with van der Waals surface area (Å²) in [6.07, 6.45) is 0. The molecule has 1 unspecified atom stereocenters. The van der Waals surface area contributed by atoms with E-state index >= 15 is 0 Å². The fourth-order valence-electron chi connectivity index (χ4n) is 2.01. The number of anilines is 1. The molecule has 0 spiro atoms. The highest BCUT2D eigenvalue weighted by Gasteiger charge is 2.29. The van der Waals surface area contributed by atoms with Crippen LogP contribution in [0.25, 0.3) is 0 Å². The molecule has 0 amide bonds. The van der Waals surface area contributed by atoms with Gasteiger partial charge in [0.2, 0.25) is 0 Å². The highest BCUT2D eigenvalue weighted by atomic mass is 79.9. The summed E-state index contributed by atoms with van der Waals surface area (Å²) >= 11 is 21.7. The Bertz CT molecular complexity index is 665. The summed E-state index contributed by atoms with van der Waals surface area (Å²) in [6, 6.07) is 10.8. The van der Waals surface area contributed by atoms with Crippen molar-refractivity contribution in [2.24, 2.45) is 0 Å². The quantitative estimate of drug-likeness (QED) is 0.676. The highest BCUT2D eigenvalue weighted by Crippen LogP contribution is 2.36. The number of hydrogen-bond acceptors (Lipinski definition) is 2.